The maximum Gasteiger partial charge on any atom is 0.249 e. The highest BCUT2D eigenvalue weighted by atomic mass is 16.7. The molecule has 1 unspecified atom stereocenters. The summed E-state index contributed by atoms with van der Waals surface area (Å²) in [6, 6.07) is 0. The van der Waals surface area contributed by atoms with Crippen LogP contribution in [0.4, 0.5) is 0 Å². The van der Waals surface area contributed by atoms with Crippen molar-refractivity contribution in [1.82, 2.24) is 5.06 Å². The van der Waals surface area contributed by atoms with Gasteiger partial charge in [-0.1, -0.05) is 6.92 Å². The molecular weight excluding hydrogens is 210 g/mol. The smallest absolute Gasteiger partial charge is 0.249 e. The van der Waals surface area contributed by atoms with Crippen molar-refractivity contribution in [1.29, 1.82) is 0 Å². The highest BCUT2D eigenvalue weighted by Gasteiger charge is 2.34. The highest BCUT2D eigenvalue weighted by Crippen LogP contribution is 2.25. The average molecular weight is 231 g/mol. The van der Waals surface area contributed by atoms with Crippen molar-refractivity contribution in [3.8, 4) is 0 Å². The Kier molecular flexibility index (Phi) is 4.29. The molecule has 0 aromatic rings. The lowest BCUT2D eigenvalue weighted by Gasteiger charge is -2.37. The van der Waals surface area contributed by atoms with Gasteiger partial charge in [-0.05, 0) is 13.8 Å². The first-order chi connectivity index (χ1) is 7.37. The zero-order chi connectivity index (χ0) is 12.3. The quantitative estimate of drug-likeness (QED) is 0.681. The van der Waals surface area contributed by atoms with E-state index in [0.717, 1.165) is 0 Å². The van der Waals surface area contributed by atoms with Gasteiger partial charge in [-0.15, -0.1) is 0 Å². The summed E-state index contributed by atoms with van der Waals surface area (Å²) in [5.41, 5.74) is 0. The van der Waals surface area contributed by atoms with E-state index in [2.05, 4.69) is 0 Å². The average Bonchev–Trinajstić information content (AvgIpc) is 2.26. The van der Waals surface area contributed by atoms with E-state index in [0.29, 0.717) is 13.2 Å². The van der Waals surface area contributed by atoms with Crippen LogP contribution in [0.15, 0.2) is 0 Å². The van der Waals surface area contributed by atoms with Gasteiger partial charge in [-0.3, -0.25) is 9.63 Å². The Hall–Kier alpha value is -0.650. The van der Waals surface area contributed by atoms with Crippen molar-refractivity contribution in [2.24, 2.45) is 11.8 Å². The minimum Gasteiger partial charge on any atom is -0.350 e. The summed E-state index contributed by atoms with van der Waals surface area (Å²) in [4.78, 5) is 16.7. The summed E-state index contributed by atoms with van der Waals surface area (Å²) in [6.45, 7) is 6.69. The van der Waals surface area contributed by atoms with Crippen LogP contribution in [0.5, 0.6) is 0 Å². The minimum absolute atomic E-state index is 0.0561. The lowest BCUT2D eigenvalue weighted by Crippen LogP contribution is -2.45. The van der Waals surface area contributed by atoms with E-state index in [4.69, 9.17) is 14.3 Å². The predicted molar refractivity (Wildman–Crippen MR) is 58.4 cm³/mol. The Bertz CT molecular complexity index is 244. The van der Waals surface area contributed by atoms with Crippen molar-refractivity contribution < 1.29 is 19.1 Å². The SMILES string of the molecule is CON(C)C(=O)C(C)C1COC(C)(C)OC1. The Balaban J connectivity index is 2.50. The van der Waals surface area contributed by atoms with E-state index >= 15 is 0 Å². The first-order valence-electron chi connectivity index (χ1n) is 5.47. The molecule has 16 heavy (non-hydrogen) atoms. The van der Waals surface area contributed by atoms with E-state index in [9.17, 15) is 4.79 Å². The summed E-state index contributed by atoms with van der Waals surface area (Å²) in [5, 5.41) is 1.24. The minimum atomic E-state index is -0.535. The molecule has 1 saturated heterocycles. The monoisotopic (exact) mass is 231 g/mol. The second-order valence-electron chi connectivity index (χ2n) is 4.59. The molecule has 5 nitrogen and oxygen atoms in total. The number of ether oxygens (including phenoxy) is 2. The van der Waals surface area contributed by atoms with Crippen molar-refractivity contribution >= 4 is 5.91 Å². The van der Waals surface area contributed by atoms with Crippen LogP contribution in [0, 0.1) is 11.8 Å². The Morgan fingerprint density at radius 2 is 1.94 bits per heavy atom. The summed E-state index contributed by atoms with van der Waals surface area (Å²) >= 11 is 0. The van der Waals surface area contributed by atoms with E-state index in [1.807, 2.05) is 20.8 Å². The number of rotatable bonds is 3. The molecule has 94 valence electrons. The fraction of sp³-hybridized carbons (Fsp3) is 0.909. The van der Waals surface area contributed by atoms with Crippen molar-refractivity contribution in [3.63, 3.8) is 0 Å². The van der Waals surface area contributed by atoms with Gasteiger partial charge in [0.1, 0.15) is 0 Å². The second-order valence-corrected chi connectivity index (χ2v) is 4.59. The predicted octanol–water partition coefficient (Wildman–Crippen LogP) is 1.04. The van der Waals surface area contributed by atoms with Crippen LogP contribution in [0.25, 0.3) is 0 Å². The zero-order valence-electron chi connectivity index (χ0n) is 10.6. The summed E-state index contributed by atoms with van der Waals surface area (Å²) in [5.74, 6) is -0.675. The summed E-state index contributed by atoms with van der Waals surface area (Å²) in [7, 11) is 3.08. The van der Waals surface area contributed by atoms with Crippen LogP contribution in [-0.2, 0) is 19.1 Å². The molecule has 1 atom stereocenters. The van der Waals surface area contributed by atoms with Crippen LogP contribution in [0.2, 0.25) is 0 Å². The standard InChI is InChI=1S/C11H21NO4/c1-8(10(13)12(4)14-5)9-6-15-11(2,3)16-7-9/h8-9H,6-7H2,1-5H3. The number of hydroxylamine groups is 2. The van der Waals surface area contributed by atoms with Gasteiger partial charge in [0, 0.05) is 18.9 Å². The maximum absolute atomic E-state index is 11.8. The van der Waals surface area contributed by atoms with Gasteiger partial charge in [-0.2, -0.15) is 0 Å². The topological polar surface area (TPSA) is 48.0 Å². The molecule has 1 aliphatic rings. The molecular formula is C11H21NO4. The molecule has 0 bridgehead atoms. The van der Waals surface area contributed by atoms with Gasteiger partial charge in [0.25, 0.3) is 0 Å². The van der Waals surface area contributed by atoms with E-state index in [1.165, 1.54) is 12.2 Å². The van der Waals surface area contributed by atoms with Crippen LogP contribution in [0.3, 0.4) is 0 Å². The summed E-state index contributed by atoms with van der Waals surface area (Å²) in [6.07, 6.45) is 0. The third kappa shape index (κ3) is 3.17. The van der Waals surface area contributed by atoms with Crippen molar-refractivity contribution in [2.75, 3.05) is 27.4 Å². The van der Waals surface area contributed by atoms with Gasteiger partial charge in [0.15, 0.2) is 5.79 Å². The number of carbonyl (C=O) groups is 1. The fourth-order valence-electron chi connectivity index (χ4n) is 1.57. The van der Waals surface area contributed by atoms with Crippen LogP contribution >= 0.6 is 0 Å². The zero-order valence-corrected chi connectivity index (χ0v) is 10.6. The Morgan fingerprint density at radius 1 is 1.44 bits per heavy atom. The molecule has 1 aliphatic heterocycles. The molecule has 0 radical (unpaired) electrons. The number of hydrogen-bond acceptors (Lipinski definition) is 4. The van der Waals surface area contributed by atoms with Gasteiger partial charge in [0.2, 0.25) is 5.91 Å². The van der Waals surface area contributed by atoms with Crippen LogP contribution in [0.1, 0.15) is 20.8 Å². The van der Waals surface area contributed by atoms with Gasteiger partial charge in [-0.25, -0.2) is 5.06 Å². The maximum atomic E-state index is 11.8. The van der Waals surface area contributed by atoms with Gasteiger partial charge in [0.05, 0.1) is 20.3 Å². The van der Waals surface area contributed by atoms with E-state index < -0.39 is 5.79 Å². The third-order valence-corrected chi connectivity index (χ3v) is 2.97. The highest BCUT2D eigenvalue weighted by molar-refractivity contribution is 5.77. The first-order valence-corrected chi connectivity index (χ1v) is 5.47. The number of carbonyl (C=O) groups excluding carboxylic acids is 1. The lowest BCUT2D eigenvalue weighted by atomic mass is 9.93. The Morgan fingerprint density at radius 3 is 2.38 bits per heavy atom. The normalized spacial score (nSPS) is 22.8. The van der Waals surface area contributed by atoms with Crippen molar-refractivity contribution in [3.05, 3.63) is 0 Å². The van der Waals surface area contributed by atoms with Gasteiger partial charge < -0.3 is 9.47 Å². The number of hydrogen-bond donors (Lipinski definition) is 0. The molecule has 0 saturated carbocycles. The largest absolute Gasteiger partial charge is 0.350 e. The van der Waals surface area contributed by atoms with Crippen LogP contribution < -0.4 is 0 Å². The van der Waals surface area contributed by atoms with Gasteiger partial charge >= 0.3 is 0 Å². The van der Waals surface area contributed by atoms with E-state index in [1.54, 1.807) is 7.05 Å². The molecule has 5 heteroatoms. The molecule has 0 spiro atoms. The fourth-order valence-corrected chi connectivity index (χ4v) is 1.57. The molecule has 1 rings (SSSR count). The van der Waals surface area contributed by atoms with Crippen LogP contribution in [-0.4, -0.2) is 44.1 Å². The molecule has 0 N–H and O–H groups in total. The number of amides is 1. The second kappa shape index (κ2) is 5.12. The molecule has 1 heterocycles. The Labute approximate surface area is 96.6 Å². The lowest BCUT2D eigenvalue weighted by molar-refractivity contribution is -0.268. The summed E-state index contributed by atoms with van der Waals surface area (Å²) < 4.78 is 11.1. The third-order valence-electron chi connectivity index (χ3n) is 2.97. The molecule has 0 aliphatic carbocycles. The molecule has 0 aromatic heterocycles. The molecule has 0 aromatic carbocycles. The number of nitrogens with zero attached hydrogens (tertiary/aromatic N) is 1. The first kappa shape index (κ1) is 13.4. The molecule has 1 fully saturated rings. The van der Waals surface area contributed by atoms with Crippen molar-refractivity contribution in [2.45, 2.75) is 26.6 Å². The molecule has 1 amide bonds. The van der Waals surface area contributed by atoms with E-state index in [-0.39, 0.29) is 17.7 Å².